The minimum Gasteiger partial charge on any atom is -0.454 e. The van der Waals surface area contributed by atoms with E-state index >= 15 is 0 Å². The van der Waals surface area contributed by atoms with E-state index < -0.39 is 0 Å². The molecule has 0 N–H and O–H groups in total. The summed E-state index contributed by atoms with van der Waals surface area (Å²) < 4.78 is 6.22. The zero-order valence-corrected chi connectivity index (χ0v) is 25.0. The van der Waals surface area contributed by atoms with Gasteiger partial charge in [0.1, 0.15) is 11.1 Å². The second-order valence-corrected chi connectivity index (χ2v) is 11.6. The molecule has 0 aliphatic heterocycles. The van der Waals surface area contributed by atoms with Crippen LogP contribution < -0.4 is 4.90 Å². The van der Waals surface area contributed by atoms with Crippen LogP contribution in [0.25, 0.3) is 66.0 Å². The molecule has 9 aromatic rings. The van der Waals surface area contributed by atoms with Gasteiger partial charge in [-0.15, -0.1) is 0 Å². The first-order valence-electron chi connectivity index (χ1n) is 15.5. The molecule has 216 valence electrons. The van der Waals surface area contributed by atoms with Gasteiger partial charge in [-0.2, -0.15) is 0 Å². The zero-order chi connectivity index (χ0) is 30.5. The average Bonchev–Trinajstić information content (AvgIpc) is 3.49. The number of fused-ring (bicyclic) bond motifs is 5. The van der Waals surface area contributed by atoms with Gasteiger partial charge >= 0.3 is 0 Å². The molecule has 2 aromatic heterocycles. The minimum absolute atomic E-state index is 0.793. The summed E-state index contributed by atoms with van der Waals surface area (Å²) in [7, 11) is 0. The van der Waals surface area contributed by atoms with E-state index in [0.717, 1.165) is 55.6 Å². The maximum atomic E-state index is 6.22. The van der Waals surface area contributed by atoms with E-state index in [2.05, 4.69) is 157 Å². The van der Waals surface area contributed by atoms with Gasteiger partial charge in [0.2, 0.25) is 0 Å². The minimum atomic E-state index is 0.793. The predicted octanol–water partition coefficient (Wildman–Crippen LogP) is 12.1. The molecule has 0 unspecified atom stereocenters. The fourth-order valence-electron chi connectivity index (χ4n) is 6.55. The number of anilines is 3. The lowest BCUT2D eigenvalue weighted by atomic mass is 9.98. The first-order chi connectivity index (χ1) is 22.8. The van der Waals surface area contributed by atoms with Crippen molar-refractivity contribution in [1.29, 1.82) is 0 Å². The van der Waals surface area contributed by atoms with Gasteiger partial charge in [-0.25, -0.2) is 4.98 Å². The Morgan fingerprint density at radius 2 is 1.13 bits per heavy atom. The van der Waals surface area contributed by atoms with Gasteiger partial charge in [-0.1, -0.05) is 109 Å². The number of pyridine rings is 1. The van der Waals surface area contributed by atoms with Crippen molar-refractivity contribution in [2.24, 2.45) is 0 Å². The second-order valence-electron chi connectivity index (χ2n) is 11.6. The zero-order valence-electron chi connectivity index (χ0n) is 25.0. The number of hydrogen-bond donors (Lipinski definition) is 0. The maximum absolute atomic E-state index is 6.22. The number of benzene rings is 7. The van der Waals surface area contributed by atoms with Gasteiger partial charge in [0, 0.05) is 27.7 Å². The van der Waals surface area contributed by atoms with Gasteiger partial charge in [0.05, 0.1) is 11.2 Å². The molecule has 0 spiro atoms. The Labute approximate surface area is 266 Å². The summed E-state index contributed by atoms with van der Waals surface area (Å²) in [6.45, 7) is 0. The molecule has 0 radical (unpaired) electrons. The summed E-state index contributed by atoms with van der Waals surface area (Å²) in [5.74, 6) is 0. The van der Waals surface area contributed by atoms with Crippen molar-refractivity contribution in [3.05, 3.63) is 170 Å². The van der Waals surface area contributed by atoms with E-state index in [4.69, 9.17) is 9.40 Å². The highest BCUT2D eigenvalue weighted by atomic mass is 16.3. The van der Waals surface area contributed by atoms with Gasteiger partial charge in [-0.3, -0.25) is 0 Å². The molecular formula is C43H28N2O. The highest BCUT2D eigenvalue weighted by molar-refractivity contribution is 6.06. The molecule has 3 heteroatoms. The predicted molar refractivity (Wildman–Crippen MR) is 192 cm³/mol. The molecule has 7 aromatic carbocycles. The van der Waals surface area contributed by atoms with Crippen molar-refractivity contribution in [2.75, 3.05) is 4.90 Å². The van der Waals surface area contributed by atoms with E-state index in [1.54, 1.807) is 0 Å². The van der Waals surface area contributed by atoms with Gasteiger partial charge in [0.15, 0.2) is 5.58 Å². The van der Waals surface area contributed by atoms with Gasteiger partial charge in [0.25, 0.3) is 0 Å². The molecule has 3 nitrogen and oxygen atoms in total. The number of aromatic nitrogens is 1. The van der Waals surface area contributed by atoms with Crippen LogP contribution in [0.3, 0.4) is 0 Å². The summed E-state index contributed by atoms with van der Waals surface area (Å²) in [6, 6.07) is 60.0. The Morgan fingerprint density at radius 3 is 2.02 bits per heavy atom. The Balaban J connectivity index is 1.23. The quantitative estimate of drug-likeness (QED) is 0.200. The lowest BCUT2D eigenvalue weighted by Crippen LogP contribution is -2.11. The van der Waals surface area contributed by atoms with E-state index in [-0.39, 0.29) is 0 Å². The molecule has 0 bridgehead atoms. The fraction of sp³-hybridized carbons (Fsp3) is 0. The Hall–Kier alpha value is -6.19. The highest BCUT2D eigenvalue weighted by Gasteiger charge is 2.19. The Bertz CT molecular complexity index is 2530. The topological polar surface area (TPSA) is 29.3 Å². The van der Waals surface area contributed by atoms with Gasteiger partial charge < -0.3 is 9.32 Å². The van der Waals surface area contributed by atoms with Gasteiger partial charge in [-0.05, 0) is 88.1 Å². The number of rotatable bonds is 5. The van der Waals surface area contributed by atoms with E-state index in [1.807, 2.05) is 18.2 Å². The second kappa shape index (κ2) is 10.8. The molecule has 0 atom stereocenters. The van der Waals surface area contributed by atoms with Crippen molar-refractivity contribution in [2.45, 2.75) is 0 Å². The highest BCUT2D eigenvalue weighted by Crippen LogP contribution is 2.43. The third kappa shape index (κ3) is 4.49. The Morgan fingerprint density at radius 1 is 0.435 bits per heavy atom. The molecule has 2 heterocycles. The van der Waals surface area contributed by atoms with Crippen LogP contribution in [0.4, 0.5) is 17.1 Å². The Kier molecular flexibility index (Phi) is 6.14. The molecule has 0 saturated heterocycles. The SMILES string of the molecule is c1ccc(-c2ccc(N(c3ccc4nc5c(cc4c3)oc3ccccc35)c3ccccc3-c3ccc4ccccc4c3)cc2)cc1. The molecule has 0 aliphatic rings. The van der Waals surface area contributed by atoms with Crippen LogP contribution in [0.2, 0.25) is 0 Å². The largest absolute Gasteiger partial charge is 0.454 e. The normalized spacial score (nSPS) is 11.5. The maximum Gasteiger partial charge on any atom is 0.154 e. The lowest BCUT2D eigenvalue weighted by Gasteiger charge is -2.28. The van der Waals surface area contributed by atoms with Crippen LogP contribution in [0.15, 0.2) is 174 Å². The monoisotopic (exact) mass is 588 g/mol. The molecular weight excluding hydrogens is 560 g/mol. The standard InChI is InChI=1S/C43H28N2O/c1-2-10-29(11-3-1)31-20-22-35(23-21-31)45(40-16-8-6-14-37(40)33-19-18-30-12-4-5-13-32(30)26-33)36-24-25-39-34(27-36)28-42-43(44-39)38-15-7-9-17-41(38)46-42/h1-28H. The lowest BCUT2D eigenvalue weighted by molar-refractivity contribution is 0.669. The summed E-state index contributed by atoms with van der Waals surface area (Å²) in [4.78, 5) is 7.39. The van der Waals surface area contributed by atoms with Crippen molar-refractivity contribution < 1.29 is 4.42 Å². The van der Waals surface area contributed by atoms with Crippen LogP contribution >= 0.6 is 0 Å². The van der Waals surface area contributed by atoms with Crippen LogP contribution in [0, 0.1) is 0 Å². The van der Waals surface area contributed by atoms with E-state index in [1.165, 1.54) is 27.5 Å². The molecule has 0 aliphatic carbocycles. The van der Waals surface area contributed by atoms with Crippen LogP contribution in [-0.2, 0) is 0 Å². The molecule has 0 fully saturated rings. The number of furan rings is 1. The molecule has 0 amide bonds. The third-order valence-corrected chi connectivity index (χ3v) is 8.82. The molecule has 9 rings (SSSR count). The summed E-state index contributed by atoms with van der Waals surface area (Å²) >= 11 is 0. The van der Waals surface area contributed by atoms with Crippen LogP contribution in [-0.4, -0.2) is 4.98 Å². The van der Waals surface area contributed by atoms with Crippen molar-refractivity contribution in [3.63, 3.8) is 0 Å². The summed E-state index contributed by atoms with van der Waals surface area (Å²) in [6.07, 6.45) is 0. The molecule has 0 saturated carbocycles. The van der Waals surface area contributed by atoms with Crippen LogP contribution in [0.1, 0.15) is 0 Å². The first-order valence-corrected chi connectivity index (χ1v) is 15.5. The number of nitrogens with zero attached hydrogens (tertiary/aromatic N) is 2. The van der Waals surface area contributed by atoms with Crippen molar-refractivity contribution in [1.82, 2.24) is 4.98 Å². The summed E-state index contributed by atoms with van der Waals surface area (Å²) in [5, 5.41) is 4.52. The third-order valence-electron chi connectivity index (χ3n) is 8.82. The van der Waals surface area contributed by atoms with Crippen molar-refractivity contribution in [3.8, 4) is 22.3 Å². The fourth-order valence-corrected chi connectivity index (χ4v) is 6.55. The number of hydrogen-bond acceptors (Lipinski definition) is 3. The van der Waals surface area contributed by atoms with Crippen LogP contribution in [0.5, 0.6) is 0 Å². The first kappa shape index (κ1) is 26.2. The molecule has 46 heavy (non-hydrogen) atoms. The van der Waals surface area contributed by atoms with E-state index in [0.29, 0.717) is 0 Å². The summed E-state index contributed by atoms with van der Waals surface area (Å²) in [5.41, 5.74) is 11.4. The smallest absolute Gasteiger partial charge is 0.154 e. The number of para-hydroxylation sites is 2. The van der Waals surface area contributed by atoms with Crippen molar-refractivity contribution >= 4 is 60.8 Å². The average molecular weight is 589 g/mol. The van der Waals surface area contributed by atoms with E-state index in [9.17, 15) is 0 Å².